The molecule has 0 saturated heterocycles. The largest absolute Gasteiger partial charge is 0.280 e. The molecule has 2 aromatic rings. The Balaban J connectivity index is 2.12. The number of benzene rings is 2. The van der Waals surface area contributed by atoms with Crippen LogP contribution in [-0.2, 0) is 0 Å². The molecular weight excluding hydrogens is 268 g/mol. The molecule has 0 spiro atoms. The van der Waals surface area contributed by atoms with E-state index < -0.39 is 0 Å². The third-order valence-electron chi connectivity index (χ3n) is 3.86. The Bertz CT molecular complexity index is 582. The van der Waals surface area contributed by atoms with Gasteiger partial charge in [0.1, 0.15) is 0 Å². The lowest BCUT2D eigenvalue weighted by molar-refractivity contribution is 0.812. The number of rotatable bonds is 5. The van der Waals surface area contributed by atoms with Crippen LogP contribution in [-0.4, -0.2) is 11.4 Å². The molecule has 22 heavy (non-hydrogen) atoms. The van der Waals surface area contributed by atoms with Crippen LogP contribution in [0, 0.1) is 0 Å². The number of nitrogens with zero attached hydrogens (tertiary/aromatic N) is 2. The summed E-state index contributed by atoms with van der Waals surface area (Å²) in [7, 11) is 0. The highest BCUT2D eigenvalue weighted by Crippen LogP contribution is 2.18. The highest BCUT2D eigenvalue weighted by atomic mass is 14.8. The van der Waals surface area contributed by atoms with E-state index in [0.29, 0.717) is 0 Å². The van der Waals surface area contributed by atoms with Crippen LogP contribution in [0.2, 0.25) is 0 Å². The first-order valence-electron chi connectivity index (χ1n) is 7.77. The fraction of sp³-hybridized carbons (Fsp3) is 0.300. The van der Waals surface area contributed by atoms with Crippen LogP contribution in [0.25, 0.3) is 0 Å². The second kappa shape index (κ2) is 7.69. The molecule has 0 aliphatic heterocycles. The quantitative estimate of drug-likeness (QED) is 0.656. The first-order valence-corrected chi connectivity index (χ1v) is 7.77. The van der Waals surface area contributed by atoms with Crippen LogP contribution in [0.4, 0.5) is 0 Å². The van der Waals surface area contributed by atoms with E-state index in [1.165, 1.54) is 11.1 Å². The van der Waals surface area contributed by atoms with Crippen molar-refractivity contribution >= 4 is 11.4 Å². The molecule has 2 rings (SSSR count). The summed E-state index contributed by atoms with van der Waals surface area (Å²) in [5.41, 5.74) is 4.45. The van der Waals surface area contributed by atoms with Gasteiger partial charge in [-0.1, -0.05) is 60.7 Å². The Hall–Kier alpha value is -2.22. The van der Waals surface area contributed by atoms with Crippen molar-refractivity contribution < 1.29 is 0 Å². The average Bonchev–Trinajstić information content (AvgIpc) is 2.56. The van der Waals surface area contributed by atoms with Gasteiger partial charge >= 0.3 is 0 Å². The van der Waals surface area contributed by atoms with E-state index in [4.69, 9.17) is 9.98 Å². The standard InChI is InChI=1S/C20H24N2/c1-15(21-17(3)19-11-7-5-8-12-19)16(2)22-18(4)20-13-9-6-10-14-20/h5-14,17-18H,1-4H3/t17-,18?/m0/s1. The number of hydrogen-bond acceptors (Lipinski definition) is 2. The number of aliphatic imine (C=N–C) groups is 2. The molecule has 114 valence electrons. The molecule has 0 aromatic heterocycles. The van der Waals surface area contributed by atoms with Crippen molar-refractivity contribution in [3.8, 4) is 0 Å². The van der Waals surface area contributed by atoms with Crippen molar-refractivity contribution in [2.75, 3.05) is 0 Å². The summed E-state index contributed by atoms with van der Waals surface area (Å²) in [5.74, 6) is 0. The predicted molar refractivity (Wildman–Crippen MR) is 95.9 cm³/mol. The lowest BCUT2D eigenvalue weighted by Crippen LogP contribution is -2.09. The molecule has 0 amide bonds. The Morgan fingerprint density at radius 2 is 0.955 bits per heavy atom. The predicted octanol–water partition coefficient (Wildman–Crippen LogP) is 5.43. The molecule has 0 radical (unpaired) electrons. The maximum atomic E-state index is 4.78. The minimum Gasteiger partial charge on any atom is -0.280 e. The molecule has 1 unspecified atom stereocenters. The van der Waals surface area contributed by atoms with Gasteiger partial charge in [-0.2, -0.15) is 0 Å². The Labute approximate surface area is 133 Å². The minimum absolute atomic E-state index is 0.151. The van der Waals surface area contributed by atoms with Crippen LogP contribution >= 0.6 is 0 Å². The fourth-order valence-corrected chi connectivity index (χ4v) is 2.38. The van der Waals surface area contributed by atoms with Gasteiger partial charge in [0.25, 0.3) is 0 Å². The molecular formula is C20H24N2. The van der Waals surface area contributed by atoms with Gasteiger partial charge in [0, 0.05) is 0 Å². The Morgan fingerprint density at radius 3 is 1.27 bits per heavy atom. The van der Waals surface area contributed by atoms with E-state index in [2.05, 4.69) is 62.4 Å². The van der Waals surface area contributed by atoms with E-state index in [1.807, 2.05) is 26.0 Å². The molecule has 0 N–H and O–H groups in total. The van der Waals surface area contributed by atoms with Gasteiger partial charge in [0.15, 0.2) is 0 Å². The lowest BCUT2D eigenvalue weighted by Gasteiger charge is -2.11. The first-order chi connectivity index (χ1) is 10.6. The Morgan fingerprint density at radius 1 is 0.636 bits per heavy atom. The molecule has 2 nitrogen and oxygen atoms in total. The normalized spacial score (nSPS) is 15.5. The van der Waals surface area contributed by atoms with Crippen molar-refractivity contribution in [3.05, 3.63) is 71.8 Å². The maximum Gasteiger partial charge on any atom is 0.0724 e. The smallest absolute Gasteiger partial charge is 0.0724 e. The molecule has 2 atom stereocenters. The molecule has 2 aromatic carbocycles. The van der Waals surface area contributed by atoms with Gasteiger partial charge in [-0.15, -0.1) is 0 Å². The summed E-state index contributed by atoms with van der Waals surface area (Å²) in [5, 5.41) is 0. The lowest BCUT2D eigenvalue weighted by atomic mass is 10.1. The molecule has 2 heteroatoms. The van der Waals surface area contributed by atoms with Crippen molar-refractivity contribution in [2.45, 2.75) is 39.8 Å². The minimum atomic E-state index is 0.151. The molecule has 0 heterocycles. The summed E-state index contributed by atoms with van der Waals surface area (Å²) in [4.78, 5) is 9.56. The van der Waals surface area contributed by atoms with Gasteiger partial charge in [-0.05, 0) is 38.8 Å². The highest BCUT2D eigenvalue weighted by Gasteiger charge is 2.07. The van der Waals surface area contributed by atoms with Gasteiger partial charge in [0.05, 0.1) is 23.5 Å². The first kappa shape index (κ1) is 16.2. The van der Waals surface area contributed by atoms with Gasteiger partial charge < -0.3 is 0 Å². The SMILES string of the molecule is CC(=NC(C)c1ccccc1)C(C)=N[C@@H](C)c1ccccc1. The van der Waals surface area contributed by atoms with E-state index in [1.54, 1.807) is 0 Å². The Kier molecular flexibility index (Phi) is 5.65. The van der Waals surface area contributed by atoms with Crippen LogP contribution in [0.5, 0.6) is 0 Å². The topological polar surface area (TPSA) is 24.7 Å². The molecule has 0 bridgehead atoms. The van der Waals surface area contributed by atoms with E-state index >= 15 is 0 Å². The molecule has 0 saturated carbocycles. The summed E-state index contributed by atoms with van der Waals surface area (Å²) in [6.07, 6.45) is 0. The maximum absolute atomic E-state index is 4.78. The van der Waals surface area contributed by atoms with Crippen molar-refractivity contribution in [2.24, 2.45) is 9.98 Å². The summed E-state index contributed by atoms with van der Waals surface area (Å²) >= 11 is 0. The third-order valence-corrected chi connectivity index (χ3v) is 3.86. The zero-order valence-electron chi connectivity index (χ0n) is 13.8. The highest BCUT2D eigenvalue weighted by molar-refractivity contribution is 6.40. The van der Waals surface area contributed by atoms with Crippen molar-refractivity contribution in [1.82, 2.24) is 0 Å². The molecule has 0 aliphatic rings. The molecule has 0 fully saturated rings. The second-order valence-electron chi connectivity index (χ2n) is 5.60. The van der Waals surface area contributed by atoms with E-state index in [-0.39, 0.29) is 12.1 Å². The summed E-state index contributed by atoms with van der Waals surface area (Å²) in [6, 6.07) is 21.0. The second-order valence-corrected chi connectivity index (χ2v) is 5.60. The van der Waals surface area contributed by atoms with Gasteiger partial charge in [-0.25, -0.2) is 0 Å². The fourth-order valence-electron chi connectivity index (χ4n) is 2.38. The van der Waals surface area contributed by atoms with E-state index in [0.717, 1.165) is 11.4 Å². The zero-order chi connectivity index (χ0) is 15.9. The summed E-state index contributed by atoms with van der Waals surface area (Å²) < 4.78 is 0. The van der Waals surface area contributed by atoms with Crippen LogP contribution in [0.3, 0.4) is 0 Å². The van der Waals surface area contributed by atoms with Crippen LogP contribution in [0.15, 0.2) is 70.6 Å². The summed E-state index contributed by atoms with van der Waals surface area (Å²) in [6.45, 7) is 8.31. The van der Waals surface area contributed by atoms with Crippen LogP contribution < -0.4 is 0 Å². The van der Waals surface area contributed by atoms with Gasteiger partial charge in [-0.3, -0.25) is 9.98 Å². The van der Waals surface area contributed by atoms with E-state index in [9.17, 15) is 0 Å². The third kappa shape index (κ3) is 4.39. The van der Waals surface area contributed by atoms with Crippen LogP contribution in [0.1, 0.15) is 50.9 Å². The van der Waals surface area contributed by atoms with Crippen molar-refractivity contribution in [1.29, 1.82) is 0 Å². The zero-order valence-corrected chi connectivity index (χ0v) is 13.8. The average molecular weight is 292 g/mol. The molecule has 0 aliphatic carbocycles. The number of hydrogen-bond donors (Lipinski definition) is 0. The monoisotopic (exact) mass is 292 g/mol. The van der Waals surface area contributed by atoms with Gasteiger partial charge in [0.2, 0.25) is 0 Å². The van der Waals surface area contributed by atoms with Crippen molar-refractivity contribution in [3.63, 3.8) is 0 Å².